The molecule has 2 heterocycles. The smallest absolute Gasteiger partial charge is 0.416 e. The Morgan fingerprint density at radius 3 is 2.41 bits per heavy atom. The first kappa shape index (κ1) is 18.5. The number of anilines is 1. The van der Waals surface area contributed by atoms with E-state index in [0.29, 0.717) is 5.69 Å². The van der Waals surface area contributed by atoms with Crippen LogP contribution in [0.15, 0.2) is 76.7 Å². The molecule has 2 aromatic carbocycles. The molecule has 1 aliphatic heterocycles. The number of halogens is 3. The van der Waals surface area contributed by atoms with Gasteiger partial charge in [0.15, 0.2) is 0 Å². The summed E-state index contributed by atoms with van der Waals surface area (Å²) in [6.07, 6.45) is -3.21. The molecule has 4 rings (SSSR count). The highest BCUT2D eigenvalue weighted by atomic mass is 19.4. The predicted octanol–water partition coefficient (Wildman–Crippen LogP) is 4.43. The van der Waals surface area contributed by atoms with Gasteiger partial charge in [0.25, 0.3) is 11.8 Å². The fourth-order valence-electron chi connectivity index (χ4n) is 2.89. The molecule has 0 radical (unpaired) electrons. The third-order valence-electron chi connectivity index (χ3n) is 4.29. The zero-order chi connectivity index (χ0) is 20.6. The molecule has 29 heavy (non-hydrogen) atoms. The fourth-order valence-corrected chi connectivity index (χ4v) is 2.89. The molecule has 0 bridgehead atoms. The Hall–Kier alpha value is -3.81. The number of rotatable bonds is 3. The number of alkyl halides is 3. The van der Waals surface area contributed by atoms with Gasteiger partial charge in [0.2, 0.25) is 0 Å². The van der Waals surface area contributed by atoms with Crippen molar-refractivity contribution in [2.45, 2.75) is 6.18 Å². The van der Waals surface area contributed by atoms with E-state index in [1.165, 1.54) is 30.3 Å². The van der Waals surface area contributed by atoms with E-state index in [2.05, 4.69) is 5.43 Å². The summed E-state index contributed by atoms with van der Waals surface area (Å²) in [4.78, 5) is 24.8. The molecular formula is C21H13F3N2O3. The van der Waals surface area contributed by atoms with E-state index < -0.39 is 23.6 Å². The molecule has 5 nitrogen and oxygen atoms in total. The number of nitrogens with one attached hydrogen (secondary N) is 1. The standard InChI is InChI=1S/C21H13F3N2O3/c22-21(23,24)14-6-4-5-13(11-14)18-10-9-16(29-18)12-17-19(27)25-26(20(17)28)15-7-2-1-3-8-15/h1-12H,(H,25,27)/b17-12-. The lowest BCUT2D eigenvalue weighted by Gasteiger charge is -2.13. The van der Waals surface area contributed by atoms with E-state index in [0.717, 1.165) is 17.1 Å². The maximum atomic E-state index is 12.9. The summed E-state index contributed by atoms with van der Waals surface area (Å²) >= 11 is 0. The van der Waals surface area contributed by atoms with Crippen LogP contribution in [0.5, 0.6) is 0 Å². The van der Waals surface area contributed by atoms with E-state index in [1.807, 2.05) is 0 Å². The molecule has 0 aliphatic carbocycles. The van der Waals surface area contributed by atoms with E-state index in [9.17, 15) is 22.8 Å². The Kier molecular flexibility index (Phi) is 4.46. The monoisotopic (exact) mass is 398 g/mol. The average Bonchev–Trinajstić information content (AvgIpc) is 3.28. The molecule has 0 atom stereocenters. The molecule has 0 saturated carbocycles. The van der Waals surface area contributed by atoms with Crippen LogP contribution >= 0.6 is 0 Å². The quantitative estimate of drug-likeness (QED) is 0.525. The minimum atomic E-state index is -4.47. The Bertz CT molecular complexity index is 1120. The van der Waals surface area contributed by atoms with Gasteiger partial charge in [-0.05, 0) is 42.5 Å². The molecule has 1 fully saturated rings. The van der Waals surface area contributed by atoms with Crippen LogP contribution in [0.3, 0.4) is 0 Å². The highest BCUT2D eigenvalue weighted by Crippen LogP contribution is 2.33. The number of hydrazine groups is 1. The number of benzene rings is 2. The Labute approximate surface area is 163 Å². The van der Waals surface area contributed by atoms with Crippen LogP contribution in [-0.4, -0.2) is 11.8 Å². The van der Waals surface area contributed by atoms with Gasteiger partial charge in [0.05, 0.1) is 11.3 Å². The third kappa shape index (κ3) is 3.64. The molecule has 3 aromatic rings. The van der Waals surface area contributed by atoms with Crippen molar-refractivity contribution < 1.29 is 27.2 Å². The lowest BCUT2D eigenvalue weighted by molar-refractivity contribution is -0.137. The summed E-state index contributed by atoms with van der Waals surface area (Å²) in [5.74, 6) is -0.798. The zero-order valence-electron chi connectivity index (χ0n) is 14.7. The zero-order valence-corrected chi connectivity index (χ0v) is 14.7. The first-order valence-corrected chi connectivity index (χ1v) is 8.52. The molecule has 0 unspecified atom stereocenters. The van der Waals surface area contributed by atoms with Crippen molar-refractivity contribution in [2.24, 2.45) is 0 Å². The largest absolute Gasteiger partial charge is 0.457 e. The van der Waals surface area contributed by atoms with Crippen LogP contribution < -0.4 is 10.4 Å². The maximum Gasteiger partial charge on any atom is 0.416 e. The molecule has 8 heteroatoms. The van der Waals surface area contributed by atoms with E-state index in [-0.39, 0.29) is 22.7 Å². The van der Waals surface area contributed by atoms with E-state index in [4.69, 9.17) is 4.42 Å². The van der Waals surface area contributed by atoms with Crippen LogP contribution in [0.1, 0.15) is 11.3 Å². The highest BCUT2D eigenvalue weighted by molar-refractivity contribution is 6.31. The molecular weight excluding hydrogens is 385 g/mol. The number of furan rings is 1. The van der Waals surface area contributed by atoms with Gasteiger partial charge in [-0.3, -0.25) is 15.0 Å². The fraction of sp³-hybridized carbons (Fsp3) is 0.0476. The van der Waals surface area contributed by atoms with Gasteiger partial charge in [-0.1, -0.05) is 30.3 Å². The Balaban J connectivity index is 1.61. The minimum Gasteiger partial charge on any atom is -0.457 e. The first-order valence-electron chi connectivity index (χ1n) is 8.52. The first-order chi connectivity index (χ1) is 13.8. The summed E-state index contributed by atoms with van der Waals surface area (Å²) in [5, 5.41) is 1.12. The summed E-state index contributed by atoms with van der Waals surface area (Å²) in [5.41, 5.74) is 2.26. The minimum absolute atomic E-state index is 0.140. The van der Waals surface area contributed by atoms with Crippen molar-refractivity contribution in [3.05, 3.63) is 83.6 Å². The van der Waals surface area contributed by atoms with Crippen LogP contribution in [0.4, 0.5) is 18.9 Å². The number of amides is 2. The van der Waals surface area contributed by atoms with Gasteiger partial charge in [-0.25, -0.2) is 5.01 Å². The summed E-state index contributed by atoms with van der Waals surface area (Å²) in [6, 6.07) is 16.2. The average molecular weight is 398 g/mol. The molecule has 1 aromatic heterocycles. The van der Waals surface area contributed by atoms with Crippen molar-refractivity contribution in [1.82, 2.24) is 5.43 Å². The predicted molar refractivity (Wildman–Crippen MR) is 99.2 cm³/mol. The summed E-state index contributed by atoms with van der Waals surface area (Å²) in [6.45, 7) is 0. The summed E-state index contributed by atoms with van der Waals surface area (Å²) < 4.78 is 44.2. The number of hydrogen-bond donors (Lipinski definition) is 1. The van der Waals surface area contributed by atoms with Gasteiger partial charge in [-0.15, -0.1) is 0 Å². The molecule has 0 spiro atoms. The van der Waals surface area contributed by atoms with E-state index in [1.54, 1.807) is 30.3 Å². The number of para-hydroxylation sites is 1. The number of hydrogen-bond acceptors (Lipinski definition) is 3. The molecule has 1 aliphatic rings. The van der Waals surface area contributed by atoms with Gasteiger partial charge in [0, 0.05) is 5.56 Å². The van der Waals surface area contributed by atoms with Crippen molar-refractivity contribution in [3.8, 4) is 11.3 Å². The second kappa shape index (κ2) is 6.97. The van der Waals surface area contributed by atoms with Gasteiger partial charge in [-0.2, -0.15) is 13.2 Å². The number of nitrogens with zero attached hydrogens (tertiary/aromatic N) is 1. The second-order valence-corrected chi connectivity index (χ2v) is 6.26. The number of carbonyl (C=O) groups is 2. The van der Waals surface area contributed by atoms with Gasteiger partial charge >= 0.3 is 6.18 Å². The third-order valence-corrected chi connectivity index (χ3v) is 4.29. The number of carbonyl (C=O) groups excluding carboxylic acids is 2. The topological polar surface area (TPSA) is 62.6 Å². The molecule has 1 saturated heterocycles. The molecule has 146 valence electrons. The van der Waals surface area contributed by atoms with Crippen LogP contribution in [0.25, 0.3) is 17.4 Å². The van der Waals surface area contributed by atoms with Crippen LogP contribution in [-0.2, 0) is 15.8 Å². The SMILES string of the molecule is O=C1NN(c2ccccc2)C(=O)/C1=C\c1ccc(-c2cccc(C(F)(F)F)c2)o1. The van der Waals surface area contributed by atoms with Crippen molar-refractivity contribution in [2.75, 3.05) is 5.01 Å². The lowest BCUT2D eigenvalue weighted by Crippen LogP contribution is -2.35. The van der Waals surface area contributed by atoms with Crippen molar-refractivity contribution >= 4 is 23.6 Å². The Morgan fingerprint density at radius 2 is 1.69 bits per heavy atom. The lowest BCUT2D eigenvalue weighted by atomic mass is 10.1. The highest BCUT2D eigenvalue weighted by Gasteiger charge is 2.35. The van der Waals surface area contributed by atoms with Crippen molar-refractivity contribution in [1.29, 1.82) is 0 Å². The molecule has 1 N–H and O–H groups in total. The Morgan fingerprint density at radius 1 is 0.931 bits per heavy atom. The van der Waals surface area contributed by atoms with Crippen molar-refractivity contribution in [3.63, 3.8) is 0 Å². The van der Waals surface area contributed by atoms with Crippen LogP contribution in [0.2, 0.25) is 0 Å². The summed E-state index contributed by atoms with van der Waals surface area (Å²) in [7, 11) is 0. The van der Waals surface area contributed by atoms with E-state index >= 15 is 0 Å². The van der Waals surface area contributed by atoms with Gasteiger partial charge < -0.3 is 4.42 Å². The second-order valence-electron chi connectivity index (χ2n) is 6.26. The molecule has 2 amide bonds. The van der Waals surface area contributed by atoms with Gasteiger partial charge in [0.1, 0.15) is 17.1 Å². The normalized spacial score (nSPS) is 15.8. The van der Waals surface area contributed by atoms with Crippen LogP contribution in [0, 0.1) is 0 Å². The maximum absolute atomic E-state index is 12.9.